The second-order valence-electron chi connectivity index (χ2n) is 6.24. The van der Waals surface area contributed by atoms with Crippen LogP contribution in [0.1, 0.15) is 34.1 Å². The number of ether oxygens (including phenoxy) is 1. The summed E-state index contributed by atoms with van der Waals surface area (Å²) in [6.07, 6.45) is 1.20. The average molecular weight is 285 g/mol. The van der Waals surface area contributed by atoms with E-state index in [4.69, 9.17) is 4.74 Å². The van der Waals surface area contributed by atoms with Crippen LogP contribution in [-0.4, -0.2) is 73.7 Å². The van der Waals surface area contributed by atoms with Crippen LogP contribution >= 0.6 is 0 Å². The number of hydrogen-bond donors (Lipinski definition) is 1. The number of nitrogens with zero attached hydrogens (tertiary/aromatic N) is 2. The van der Waals surface area contributed by atoms with Crippen LogP contribution in [0.4, 0.5) is 0 Å². The molecule has 1 rings (SSSR count). The summed E-state index contributed by atoms with van der Waals surface area (Å²) >= 11 is 0. The van der Waals surface area contributed by atoms with E-state index in [9.17, 15) is 4.79 Å². The molecule has 1 aliphatic rings. The molecule has 0 aromatic rings. The van der Waals surface area contributed by atoms with Crippen molar-refractivity contribution in [2.24, 2.45) is 0 Å². The summed E-state index contributed by atoms with van der Waals surface area (Å²) in [6, 6.07) is 0.250. The molecule has 0 bridgehead atoms. The highest BCUT2D eigenvalue weighted by Gasteiger charge is 2.37. The standard InChI is InChI=1S/C15H31N3O2/c1-6-7-17-8-10-18(11-9-17)12-15(4,14(19)20-5)16-13(2)3/h13,16H,6-12H2,1-5H3. The summed E-state index contributed by atoms with van der Waals surface area (Å²) in [4.78, 5) is 16.9. The van der Waals surface area contributed by atoms with Crippen molar-refractivity contribution in [3.05, 3.63) is 0 Å². The monoisotopic (exact) mass is 285 g/mol. The van der Waals surface area contributed by atoms with Gasteiger partial charge in [0.1, 0.15) is 5.54 Å². The topological polar surface area (TPSA) is 44.8 Å². The minimum Gasteiger partial charge on any atom is -0.468 e. The van der Waals surface area contributed by atoms with Gasteiger partial charge in [-0.25, -0.2) is 0 Å². The SMILES string of the molecule is CCCN1CCN(CC(C)(NC(C)C)C(=O)OC)CC1. The molecule has 0 spiro atoms. The van der Waals surface area contributed by atoms with E-state index >= 15 is 0 Å². The van der Waals surface area contributed by atoms with Gasteiger partial charge in [-0.15, -0.1) is 0 Å². The van der Waals surface area contributed by atoms with Crippen molar-refractivity contribution >= 4 is 5.97 Å². The Labute approximate surface area is 123 Å². The molecule has 0 aromatic heterocycles. The van der Waals surface area contributed by atoms with E-state index in [1.807, 2.05) is 6.92 Å². The van der Waals surface area contributed by atoms with Crippen LogP contribution in [0.3, 0.4) is 0 Å². The Morgan fingerprint density at radius 3 is 2.25 bits per heavy atom. The molecular formula is C15H31N3O2. The van der Waals surface area contributed by atoms with E-state index in [1.165, 1.54) is 20.1 Å². The van der Waals surface area contributed by atoms with Gasteiger partial charge >= 0.3 is 5.97 Å². The van der Waals surface area contributed by atoms with E-state index in [0.29, 0.717) is 6.54 Å². The number of methoxy groups -OCH3 is 1. The van der Waals surface area contributed by atoms with Crippen molar-refractivity contribution < 1.29 is 9.53 Å². The van der Waals surface area contributed by atoms with Crippen molar-refractivity contribution in [1.29, 1.82) is 0 Å². The van der Waals surface area contributed by atoms with Gasteiger partial charge in [-0.3, -0.25) is 15.0 Å². The number of esters is 1. The molecule has 0 aliphatic carbocycles. The molecule has 1 saturated heterocycles. The quantitative estimate of drug-likeness (QED) is 0.706. The van der Waals surface area contributed by atoms with Gasteiger partial charge in [0.25, 0.3) is 0 Å². The summed E-state index contributed by atoms with van der Waals surface area (Å²) in [5.74, 6) is -0.179. The minimum absolute atomic E-state index is 0.179. The molecule has 118 valence electrons. The zero-order valence-electron chi connectivity index (χ0n) is 13.7. The number of carbonyl (C=O) groups excluding carboxylic acids is 1. The maximum Gasteiger partial charge on any atom is 0.327 e. The summed E-state index contributed by atoms with van der Waals surface area (Å²) in [6.45, 7) is 14.4. The van der Waals surface area contributed by atoms with Crippen LogP contribution in [0.25, 0.3) is 0 Å². The zero-order valence-corrected chi connectivity index (χ0v) is 13.7. The highest BCUT2D eigenvalue weighted by molar-refractivity contribution is 5.80. The molecule has 0 amide bonds. The van der Waals surface area contributed by atoms with Crippen LogP contribution in [0.15, 0.2) is 0 Å². The van der Waals surface area contributed by atoms with Crippen molar-refractivity contribution in [3.8, 4) is 0 Å². The lowest BCUT2D eigenvalue weighted by Gasteiger charge is -2.40. The van der Waals surface area contributed by atoms with Gasteiger partial charge in [-0.1, -0.05) is 6.92 Å². The lowest BCUT2D eigenvalue weighted by atomic mass is 10.00. The lowest BCUT2D eigenvalue weighted by Crippen LogP contribution is -2.61. The fourth-order valence-electron chi connectivity index (χ4n) is 2.97. The second kappa shape index (κ2) is 7.96. The van der Waals surface area contributed by atoms with Gasteiger partial charge < -0.3 is 9.64 Å². The predicted molar refractivity (Wildman–Crippen MR) is 81.9 cm³/mol. The number of nitrogens with one attached hydrogen (secondary N) is 1. The van der Waals surface area contributed by atoms with E-state index in [-0.39, 0.29) is 12.0 Å². The first kappa shape index (κ1) is 17.4. The summed E-state index contributed by atoms with van der Waals surface area (Å²) in [5, 5.41) is 3.36. The Bertz CT molecular complexity index is 301. The van der Waals surface area contributed by atoms with Crippen molar-refractivity contribution in [2.45, 2.75) is 45.7 Å². The summed E-state index contributed by atoms with van der Waals surface area (Å²) in [5.41, 5.74) is -0.629. The Morgan fingerprint density at radius 1 is 1.25 bits per heavy atom. The Morgan fingerprint density at radius 2 is 1.80 bits per heavy atom. The number of rotatable bonds is 7. The molecule has 5 nitrogen and oxygen atoms in total. The van der Waals surface area contributed by atoms with Gasteiger partial charge in [0.15, 0.2) is 0 Å². The molecule has 1 aliphatic heterocycles. The third-order valence-corrected chi connectivity index (χ3v) is 3.79. The molecule has 1 atom stereocenters. The maximum absolute atomic E-state index is 12.1. The number of carbonyl (C=O) groups is 1. The Kier molecular flexibility index (Phi) is 6.92. The van der Waals surface area contributed by atoms with Crippen LogP contribution in [0.2, 0.25) is 0 Å². The molecule has 1 unspecified atom stereocenters. The van der Waals surface area contributed by atoms with Gasteiger partial charge in [-0.2, -0.15) is 0 Å². The van der Waals surface area contributed by atoms with E-state index < -0.39 is 5.54 Å². The van der Waals surface area contributed by atoms with Gasteiger partial charge in [0, 0.05) is 38.8 Å². The van der Waals surface area contributed by atoms with Crippen LogP contribution in [-0.2, 0) is 9.53 Å². The molecule has 0 radical (unpaired) electrons. The second-order valence-corrected chi connectivity index (χ2v) is 6.24. The molecule has 20 heavy (non-hydrogen) atoms. The Hall–Kier alpha value is -0.650. The van der Waals surface area contributed by atoms with Gasteiger partial charge in [0.05, 0.1) is 7.11 Å². The van der Waals surface area contributed by atoms with Gasteiger partial charge in [-0.05, 0) is 33.7 Å². The van der Waals surface area contributed by atoms with Gasteiger partial charge in [0.2, 0.25) is 0 Å². The maximum atomic E-state index is 12.1. The third kappa shape index (κ3) is 5.04. The van der Waals surface area contributed by atoms with E-state index in [0.717, 1.165) is 26.2 Å². The largest absolute Gasteiger partial charge is 0.468 e. The molecule has 0 aromatic carbocycles. The van der Waals surface area contributed by atoms with E-state index in [1.54, 1.807) is 0 Å². The van der Waals surface area contributed by atoms with Crippen LogP contribution < -0.4 is 5.32 Å². The normalized spacial score (nSPS) is 20.9. The van der Waals surface area contributed by atoms with Crippen molar-refractivity contribution in [3.63, 3.8) is 0 Å². The fraction of sp³-hybridized carbons (Fsp3) is 0.933. The third-order valence-electron chi connectivity index (χ3n) is 3.79. The lowest BCUT2D eigenvalue weighted by molar-refractivity contribution is -0.149. The number of piperazine rings is 1. The summed E-state index contributed by atoms with van der Waals surface area (Å²) < 4.78 is 4.98. The molecule has 1 heterocycles. The first-order valence-corrected chi connectivity index (χ1v) is 7.72. The predicted octanol–water partition coefficient (Wildman–Crippen LogP) is 0.944. The molecule has 5 heteroatoms. The Balaban J connectivity index is 2.56. The van der Waals surface area contributed by atoms with E-state index in [2.05, 4.69) is 35.9 Å². The highest BCUT2D eigenvalue weighted by Crippen LogP contribution is 2.13. The highest BCUT2D eigenvalue weighted by atomic mass is 16.5. The van der Waals surface area contributed by atoms with Crippen LogP contribution in [0, 0.1) is 0 Å². The smallest absolute Gasteiger partial charge is 0.327 e. The zero-order chi connectivity index (χ0) is 15.2. The first-order chi connectivity index (χ1) is 9.41. The number of hydrogen-bond acceptors (Lipinski definition) is 5. The molecule has 1 N–H and O–H groups in total. The van der Waals surface area contributed by atoms with Crippen LogP contribution in [0.5, 0.6) is 0 Å². The molecular weight excluding hydrogens is 254 g/mol. The first-order valence-electron chi connectivity index (χ1n) is 7.72. The average Bonchev–Trinajstić information content (AvgIpc) is 2.39. The fourth-order valence-corrected chi connectivity index (χ4v) is 2.97. The van der Waals surface area contributed by atoms with Crippen molar-refractivity contribution in [1.82, 2.24) is 15.1 Å². The minimum atomic E-state index is -0.629. The molecule has 1 fully saturated rings. The molecule has 0 saturated carbocycles. The van der Waals surface area contributed by atoms with Crippen molar-refractivity contribution in [2.75, 3.05) is 46.4 Å². The summed E-state index contributed by atoms with van der Waals surface area (Å²) in [7, 11) is 1.46.